The number of phenolic OH excluding ortho intramolecular Hbond substituents is 1. The van der Waals surface area contributed by atoms with E-state index in [-0.39, 0.29) is 17.7 Å². The van der Waals surface area contributed by atoms with Crippen LogP contribution in [0.3, 0.4) is 0 Å². The summed E-state index contributed by atoms with van der Waals surface area (Å²) in [5.74, 6) is 0.160. The number of para-hydroxylation sites is 2. The molecule has 5 nitrogen and oxygen atoms in total. The summed E-state index contributed by atoms with van der Waals surface area (Å²) < 4.78 is 0. The van der Waals surface area contributed by atoms with E-state index >= 15 is 0 Å². The number of nitrogens with one attached hydrogen (secondary N) is 1. The molecule has 138 valence electrons. The molecule has 1 amide bonds. The van der Waals surface area contributed by atoms with Gasteiger partial charge in [0, 0.05) is 26.2 Å². The number of halogens is 2. The summed E-state index contributed by atoms with van der Waals surface area (Å²) in [5, 5.41) is 13.6. The van der Waals surface area contributed by atoms with Gasteiger partial charge in [-0.05, 0) is 31.2 Å². The van der Waals surface area contributed by atoms with Crippen molar-refractivity contribution >= 4 is 40.5 Å². The van der Waals surface area contributed by atoms with Crippen molar-refractivity contribution < 1.29 is 9.90 Å². The van der Waals surface area contributed by atoms with Crippen molar-refractivity contribution in [1.82, 2.24) is 4.90 Å². The summed E-state index contributed by atoms with van der Waals surface area (Å²) in [7, 11) is 0. The lowest BCUT2D eigenvalue weighted by Crippen LogP contribution is -2.52. The molecule has 1 saturated heterocycles. The SMILES string of the molecule is C[C@@H](C(=O)Nc1cccc(Cl)c1Cl)N1CCN(c2ccccc2O)CC1. The van der Waals surface area contributed by atoms with Gasteiger partial charge in [0.25, 0.3) is 0 Å². The lowest BCUT2D eigenvalue weighted by atomic mass is 10.2. The highest BCUT2D eigenvalue weighted by atomic mass is 35.5. The summed E-state index contributed by atoms with van der Waals surface area (Å²) in [6, 6.07) is 12.2. The Kier molecular flexibility index (Phi) is 5.91. The number of piperazine rings is 1. The highest BCUT2D eigenvalue weighted by molar-refractivity contribution is 6.44. The predicted octanol–water partition coefficient (Wildman–Crippen LogP) is 3.85. The normalized spacial score (nSPS) is 16.3. The van der Waals surface area contributed by atoms with E-state index in [4.69, 9.17) is 23.2 Å². The highest BCUT2D eigenvalue weighted by Gasteiger charge is 2.26. The number of carbonyl (C=O) groups is 1. The van der Waals surface area contributed by atoms with Gasteiger partial charge >= 0.3 is 0 Å². The van der Waals surface area contributed by atoms with E-state index in [9.17, 15) is 9.90 Å². The zero-order valence-electron chi connectivity index (χ0n) is 14.5. The third-order valence-corrected chi connectivity index (χ3v) is 5.49. The van der Waals surface area contributed by atoms with Crippen LogP contribution in [-0.2, 0) is 4.79 Å². The molecule has 1 aliphatic rings. The van der Waals surface area contributed by atoms with Crippen molar-refractivity contribution in [3.8, 4) is 5.75 Å². The van der Waals surface area contributed by atoms with Crippen LogP contribution in [0, 0.1) is 0 Å². The van der Waals surface area contributed by atoms with Gasteiger partial charge in [-0.1, -0.05) is 41.4 Å². The van der Waals surface area contributed by atoms with Crippen LogP contribution in [0.4, 0.5) is 11.4 Å². The quantitative estimate of drug-likeness (QED) is 0.827. The van der Waals surface area contributed by atoms with Crippen molar-refractivity contribution in [2.45, 2.75) is 13.0 Å². The Balaban J connectivity index is 1.59. The van der Waals surface area contributed by atoms with Gasteiger partial charge in [0.1, 0.15) is 5.75 Å². The predicted molar refractivity (Wildman–Crippen MR) is 106 cm³/mol. The van der Waals surface area contributed by atoms with E-state index in [1.165, 1.54) is 0 Å². The molecular weight excluding hydrogens is 373 g/mol. The van der Waals surface area contributed by atoms with Gasteiger partial charge in [0.2, 0.25) is 5.91 Å². The van der Waals surface area contributed by atoms with Crippen LogP contribution < -0.4 is 10.2 Å². The van der Waals surface area contributed by atoms with Gasteiger partial charge in [0.15, 0.2) is 0 Å². The van der Waals surface area contributed by atoms with E-state index < -0.39 is 0 Å². The first kappa shape index (κ1) is 18.8. The first-order valence-corrected chi connectivity index (χ1v) is 9.25. The fourth-order valence-corrected chi connectivity index (χ4v) is 3.43. The van der Waals surface area contributed by atoms with Crippen LogP contribution in [0.1, 0.15) is 6.92 Å². The Morgan fingerprint density at radius 1 is 1.08 bits per heavy atom. The topological polar surface area (TPSA) is 55.8 Å². The maximum atomic E-state index is 12.6. The third kappa shape index (κ3) is 4.06. The molecule has 1 heterocycles. The highest BCUT2D eigenvalue weighted by Crippen LogP contribution is 2.30. The van der Waals surface area contributed by atoms with Gasteiger partial charge in [-0.15, -0.1) is 0 Å². The molecule has 1 aliphatic heterocycles. The molecule has 0 spiro atoms. The van der Waals surface area contributed by atoms with Crippen molar-refractivity contribution in [2.24, 2.45) is 0 Å². The van der Waals surface area contributed by atoms with E-state index in [1.54, 1.807) is 24.3 Å². The maximum Gasteiger partial charge on any atom is 0.241 e. The standard InChI is InChI=1S/C19H21Cl2N3O2/c1-13(19(26)22-15-6-4-5-14(20)18(15)21)23-9-11-24(12-10-23)16-7-2-3-8-17(16)25/h2-8,13,25H,9-12H2,1H3,(H,22,26)/t13-/m0/s1. The van der Waals surface area contributed by atoms with Crippen LogP contribution in [0.15, 0.2) is 42.5 Å². The Morgan fingerprint density at radius 3 is 2.46 bits per heavy atom. The number of rotatable bonds is 4. The number of anilines is 2. The smallest absolute Gasteiger partial charge is 0.241 e. The first-order valence-electron chi connectivity index (χ1n) is 8.49. The van der Waals surface area contributed by atoms with Crippen molar-refractivity contribution in [3.63, 3.8) is 0 Å². The summed E-state index contributed by atoms with van der Waals surface area (Å²) >= 11 is 12.1. The average Bonchev–Trinajstić information content (AvgIpc) is 2.65. The van der Waals surface area contributed by atoms with Crippen LogP contribution in [0.25, 0.3) is 0 Å². The van der Waals surface area contributed by atoms with Crippen LogP contribution in [0.5, 0.6) is 5.75 Å². The minimum atomic E-state index is -0.295. The molecule has 0 aromatic heterocycles. The molecule has 2 aromatic rings. The minimum absolute atomic E-state index is 0.120. The Labute approximate surface area is 163 Å². The van der Waals surface area contributed by atoms with E-state index in [2.05, 4.69) is 15.1 Å². The molecule has 0 unspecified atom stereocenters. The molecule has 0 radical (unpaired) electrons. The second kappa shape index (κ2) is 8.16. The second-order valence-electron chi connectivity index (χ2n) is 6.28. The maximum absolute atomic E-state index is 12.6. The number of phenols is 1. The molecule has 0 aliphatic carbocycles. The van der Waals surface area contributed by atoms with Crippen LogP contribution in [-0.4, -0.2) is 48.1 Å². The van der Waals surface area contributed by atoms with Crippen LogP contribution in [0.2, 0.25) is 10.0 Å². The number of carbonyl (C=O) groups excluding carboxylic acids is 1. The van der Waals surface area contributed by atoms with E-state index in [0.29, 0.717) is 15.7 Å². The summed E-state index contributed by atoms with van der Waals surface area (Å²) in [4.78, 5) is 16.8. The molecule has 3 rings (SSSR count). The summed E-state index contributed by atoms with van der Waals surface area (Å²) in [5.41, 5.74) is 1.35. The van der Waals surface area contributed by atoms with Gasteiger partial charge < -0.3 is 15.3 Å². The van der Waals surface area contributed by atoms with Crippen LogP contribution >= 0.6 is 23.2 Å². The van der Waals surface area contributed by atoms with Gasteiger partial charge in [-0.2, -0.15) is 0 Å². The van der Waals surface area contributed by atoms with E-state index in [0.717, 1.165) is 31.9 Å². The second-order valence-corrected chi connectivity index (χ2v) is 7.06. The third-order valence-electron chi connectivity index (χ3n) is 4.67. The summed E-state index contributed by atoms with van der Waals surface area (Å²) in [6.07, 6.45) is 0. The lowest BCUT2D eigenvalue weighted by molar-refractivity contribution is -0.120. The number of hydrogen-bond donors (Lipinski definition) is 2. The van der Waals surface area contributed by atoms with E-state index in [1.807, 2.05) is 25.1 Å². The van der Waals surface area contributed by atoms with Gasteiger partial charge in [0.05, 0.1) is 27.5 Å². The fourth-order valence-electron chi connectivity index (χ4n) is 3.09. The number of hydrogen-bond acceptors (Lipinski definition) is 4. The Hall–Kier alpha value is -1.95. The number of aromatic hydroxyl groups is 1. The molecule has 2 N–H and O–H groups in total. The monoisotopic (exact) mass is 393 g/mol. The van der Waals surface area contributed by atoms with Gasteiger partial charge in [-0.3, -0.25) is 9.69 Å². The molecule has 7 heteroatoms. The number of benzene rings is 2. The first-order chi connectivity index (χ1) is 12.5. The Bertz CT molecular complexity index is 792. The molecule has 1 fully saturated rings. The molecule has 0 bridgehead atoms. The molecular formula is C19H21Cl2N3O2. The molecule has 0 saturated carbocycles. The lowest BCUT2D eigenvalue weighted by Gasteiger charge is -2.38. The zero-order chi connectivity index (χ0) is 18.7. The molecule has 26 heavy (non-hydrogen) atoms. The average molecular weight is 394 g/mol. The largest absolute Gasteiger partial charge is 0.506 e. The fraction of sp³-hybridized carbons (Fsp3) is 0.316. The van der Waals surface area contributed by atoms with Crippen molar-refractivity contribution in [2.75, 3.05) is 36.4 Å². The van der Waals surface area contributed by atoms with Crippen molar-refractivity contribution in [3.05, 3.63) is 52.5 Å². The number of amides is 1. The molecule has 1 atom stereocenters. The Morgan fingerprint density at radius 2 is 1.77 bits per heavy atom. The zero-order valence-corrected chi connectivity index (χ0v) is 16.0. The number of nitrogens with zero attached hydrogens (tertiary/aromatic N) is 2. The minimum Gasteiger partial charge on any atom is -0.506 e. The summed E-state index contributed by atoms with van der Waals surface area (Å²) in [6.45, 7) is 4.82. The van der Waals surface area contributed by atoms with Gasteiger partial charge in [-0.25, -0.2) is 0 Å². The molecule has 2 aromatic carbocycles. The van der Waals surface area contributed by atoms with Crippen molar-refractivity contribution in [1.29, 1.82) is 0 Å².